The van der Waals surface area contributed by atoms with Gasteiger partial charge in [-0.2, -0.15) is 0 Å². The number of rotatable bonds is 5. The Labute approximate surface area is 152 Å². The maximum absolute atomic E-state index is 13.5. The van der Waals surface area contributed by atoms with Crippen molar-refractivity contribution in [1.82, 2.24) is 16.0 Å². The molecule has 5 nitrogen and oxygen atoms in total. The summed E-state index contributed by atoms with van der Waals surface area (Å²) >= 11 is 0. The van der Waals surface area contributed by atoms with Crippen molar-refractivity contribution < 1.29 is 18.4 Å². The summed E-state index contributed by atoms with van der Waals surface area (Å²) in [6, 6.07) is 3.68. The van der Waals surface area contributed by atoms with Gasteiger partial charge in [0.05, 0.1) is 0 Å². The minimum absolute atomic E-state index is 0.0838. The first-order valence-electron chi connectivity index (χ1n) is 8.92. The molecule has 1 aromatic rings. The van der Waals surface area contributed by atoms with Crippen LogP contribution in [0.25, 0.3) is 0 Å². The monoisotopic (exact) mass is 367 g/mol. The normalized spacial score (nSPS) is 20.5. The molecule has 1 saturated heterocycles. The number of carbonyl (C=O) groups excluding carboxylic acids is 2. The molecule has 1 aromatic carbocycles. The van der Waals surface area contributed by atoms with Crippen molar-refractivity contribution in [2.45, 2.75) is 45.6 Å². The molecule has 1 aliphatic rings. The minimum Gasteiger partial charge on any atom is -0.355 e. The first-order chi connectivity index (χ1) is 12.2. The smallest absolute Gasteiger partial charge is 0.225 e. The van der Waals surface area contributed by atoms with Crippen LogP contribution in [0.3, 0.4) is 0 Å². The van der Waals surface area contributed by atoms with Crippen LogP contribution >= 0.6 is 0 Å². The fourth-order valence-electron chi connectivity index (χ4n) is 2.99. The van der Waals surface area contributed by atoms with E-state index in [-0.39, 0.29) is 36.7 Å². The molecule has 1 heterocycles. The molecule has 7 heteroatoms. The molecule has 1 aliphatic heterocycles. The SMILES string of the molecule is CC(C)(C)C(=O)NCCC(=O)NC1CNCCC1c1ccc(F)c(F)c1. The number of amides is 2. The highest BCUT2D eigenvalue weighted by Gasteiger charge is 2.28. The van der Waals surface area contributed by atoms with Gasteiger partial charge in [-0.3, -0.25) is 9.59 Å². The molecule has 0 aliphatic carbocycles. The molecule has 1 fully saturated rings. The maximum atomic E-state index is 13.5. The van der Waals surface area contributed by atoms with Gasteiger partial charge in [0.15, 0.2) is 11.6 Å². The van der Waals surface area contributed by atoms with Gasteiger partial charge < -0.3 is 16.0 Å². The van der Waals surface area contributed by atoms with Gasteiger partial charge in [-0.1, -0.05) is 26.8 Å². The van der Waals surface area contributed by atoms with Gasteiger partial charge in [0.1, 0.15) is 0 Å². The number of hydrogen-bond donors (Lipinski definition) is 3. The molecule has 0 radical (unpaired) electrons. The Hall–Kier alpha value is -2.02. The summed E-state index contributed by atoms with van der Waals surface area (Å²) in [4.78, 5) is 24.0. The largest absolute Gasteiger partial charge is 0.355 e. The second-order valence-corrected chi connectivity index (χ2v) is 7.70. The Morgan fingerprint density at radius 3 is 2.62 bits per heavy atom. The van der Waals surface area contributed by atoms with E-state index in [2.05, 4.69) is 16.0 Å². The molecule has 0 spiro atoms. The Bertz CT molecular complexity index is 659. The van der Waals surface area contributed by atoms with E-state index in [0.29, 0.717) is 12.1 Å². The lowest BCUT2D eigenvalue weighted by Crippen LogP contribution is -2.50. The molecule has 0 bridgehead atoms. The lowest BCUT2D eigenvalue weighted by atomic mass is 9.86. The molecule has 0 saturated carbocycles. The first kappa shape index (κ1) is 20.3. The summed E-state index contributed by atoms with van der Waals surface area (Å²) in [5.74, 6) is -2.13. The second kappa shape index (κ2) is 8.58. The molecule has 2 atom stereocenters. The lowest BCUT2D eigenvalue weighted by molar-refractivity contribution is -0.128. The number of hydrogen-bond acceptors (Lipinski definition) is 3. The molecule has 2 unspecified atom stereocenters. The molecule has 2 amide bonds. The van der Waals surface area contributed by atoms with E-state index >= 15 is 0 Å². The summed E-state index contributed by atoms with van der Waals surface area (Å²) in [5.41, 5.74) is 0.179. The van der Waals surface area contributed by atoms with Gasteiger partial charge >= 0.3 is 0 Å². The number of nitrogens with one attached hydrogen (secondary N) is 3. The van der Waals surface area contributed by atoms with Crippen LogP contribution in [0.4, 0.5) is 8.78 Å². The third-order valence-electron chi connectivity index (χ3n) is 4.52. The summed E-state index contributed by atoms with van der Waals surface area (Å²) < 4.78 is 26.7. The van der Waals surface area contributed by atoms with Gasteiger partial charge in [-0.25, -0.2) is 8.78 Å². The zero-order valence-corrected chi connectivity index (χ0v) is 15.5. The highest BCUT2D eigenvalue weighted by molar-refractivity contribution is 5.82. The van der Waals surface area contributed by atoms with Gasteiger partial charge in [0.2, 0.25) is 11.8 Å². The molecule has 0 aromatic heterocycles. The maximum Gasteiger partial charge on any atom is 0.225 e. The van der Waals surface area contributed by atoms with Crippen LogP contribution in [0.5, 0.6) is 0 Å². The highest BCUT2D eigenvalue weighted by atomic mass is 19.2. The third kappa shape index (κ3) is 5.49. The van der Waals surface area contributed by atoms with Crippen molar-refractivity contribution in [3.63, 3.8) is 0 Å². The topological polar surface area (TPSA) is 70.2 Å². The predicted molar refractivity (Wildman–Crippen MR) is 95.6 cm³/mol. The molecule has 3 N–H and O–H groups in total. The average molecular weight is 367 g/mol. The highest BCUT2D eigenvalue weighted by Crippen LogP contribution is 2.27. The Balaban J connectivity index is 1.92. The van der Waals surface area contributed by atoms with Crippen LogP contribution in [-0.4, -0.2) is 37.5 Å². The van der Waals surface area contributed by atoms with Gasteiger partial charge in [-0.05, 0) is 30.7 Å². The molecular formula is C19H27F2N3O2. The van der Waals surface area contributed by atoms with Gasteiger partial charge in [0.25, 0.3) is 0 Å². The average Bonchev–Trinajstić information content (AvgIpc) is 2.57. The lowest BCUT2D eigenvalue weighted by Gasteiger charge is -2.33. The van der Waals surface area contributed by atoms with Crippen molar-refractivity contribution in [3.05, 3.63) is 35.4 Å². The van der Waals surface area contributed by atoms with Crippen molar-refractivity contribution >= 4 is 11.8 Å². The summed E-state index contributed by atoms with van der Waals surface area (Å²) in [5, 5.41) is 8.89. The van der Waals surface area contributed by atoms with Crippen LogP contribution < -0.4 is 16.0 Å². The van der Waals surface area contributed by atoms with Crippen molar-refractivity contribution in [2.24, 2.45) is 5.41 Å². The summed E-state index contributed by atoms with van der Waals surface area (Å²) in [7, 11) is 0. The number of benzene rings is 1. The summed E-state index contributed by atoms with van der Waals surface area (Å²) in [6.45, 7) is 6.99. The zero-order valence-electron chi connectivity index (χ0n) is 15.5. The Kier molecular flexibility index (Phi) is 6.69. The Morgan fingerprint density at radius 1 is 1.23 bits per heavy atom. The van der Waals surface area contributed by atoms with Crippen LogP contribution in [0.2, 0.25) is 0 Å². The number of carbonyl (C=O) groups is 2. The van der Waals surface area contributed by atoms with Crippen LogP contribution in [0.1, 0.15) is 45.1 Å². The molecule has 2 rings (SSSR count). The molecule has 26 heavy (non-hydrogen) atoms. The van der Waals surface area contributed by atoms with E-state index in [9.17, 15) is 18.4 Å². The van der Waals surface area contributed by atoms with Gasteiger partial charge in [-0.15, -0.1) is 0 Å². The number of halogens is 2. The quantitative estimate of drug-likeness (QED) is 0.746. The van der Waals surface area contributed by atoms with Crippen molar-refractivity contribution in [2.75, 3.05) is 19.6 Å². The zero-order chi connectivity index (χ0) is 19.3. The van der Waals surface area contributed by atoms with Crippen molar-refractivity contribution in [1.29, 1.82) is 0 Å². The third-order valence-corrected chi connectivity index (χ3v) is 4.52. The summed E-state index contributed by atoms with van der Waals surface area (Å²) in [6.07, 6.45) is 0.888. The van der Waals surface area contributed by atoms with E-state index < -0.39 is 17.0 Å². The van der Waals surface area contributed by atoms with E-state index in [1.807, 2.05) is 20.8 Å². The van der Waals surface area contributed by atoms with E-state index in [0.717, 1.165) is 19.0 Å². The van der Waals surface area contributed by atoms with E-state index in [1.165, 1.54) is 6.07 Å². The predicted octanol–water partition coefficient (Wildman–Crippen LogP) is 2.08. The van der Waals surface area contributed by atoms with Crippen LogP contribution in [-0.2, 0) is 9.59 Å². The number of piperidine rings is 1. The van der Waals surface area contributed by atoms with E-state index in [4.69, 9.17) is 0 Å². The Morgan fingerprint density at radius 2 is 1.96 bits per heavy atom. The minimum atomic E-state index is -0.879. The van der Waals surface area contributed by atoms with Crippen molar-refractivity contribution in [3.8, 4) is 0 Å². The first-order valence-corrected chi connectivity index (χ1v) is 8.92. The fraction of sp³-hybridized carbons (Fsp3) is 0.579. The second-order valence-electron chi connectivity index (χ2n) is 7.70. The molecule has 144 valence electrons. The van der Waals surface area contributed by atoms with Gasteiger partial charge in [0, 0.05) is 36.9 Å². The van der Waals surface area contributed by atoms with Crippen LogP contribution in [0, 0.1) is 17.0 Å². The fourth-order valence-corrected chi connectivity index (χ4v) is 2.99. The van der Waals surface area contributed by atoms with E-state index in [1.54, 1.807) is 6.07 Å². The standard InChI is InChI=1S/C19H27F2N3O2/c1-19(2,3)18(26)23-9-7-17(25)24-16-11-22-8-6-13(16)12-4-5-14(20)15(21)10-12/h4-5,10,13,16,22H,6-9,11H2,1-3H3,(H,23,26)(H,24,25). The molecular weight excluding hydrogens is 340 g/mol. The van der Waals surface area contributed by atoms with Crippen LogP contribution in [0.15, 0.2) is 18.2 Å².